The number of benzene rings is 1. The van der Waals surface area contributed by atoms with Gasteiger partial charge in [-0.1, -0.05) is 12.1 Å². The van der Waals surface area contributed by atoms with Crippen LogP contribution in [0.1, 0.15) is 28.1 Å². The number of aromatic nitrogens is 2. The molecule has 0 spiro atoms. The lowest BCUT2D eigenvalue weighted by Crippen LogP contribution is -2.50. The maximum Gasteiger partial charge on any atom is 0.326 e. The number of ether oxygens (including phenoxy) is 1. The van der Waals surface area contributed by atoms with Crippen molar-refractivity contribution in [1.82, 2.24) is 14.9 Å². The number of rotatable bonds is 4. The van der Waals surface area contributed by atoms with Crippen LogP contribution in [-0.2, 0) is 22.6 Å². The van der Waals surface area contributed by atoms with E-state index in [4.69, 9.17) is 4.74 Å². The van der Waals surface area contributed by atoms with E-state index in [0.29, 0.717) is 11.4 Å². The van der Waals surface area contributed by atoms with Crippen molar-refractivity contribution >= 4 is 11.9 Å². The molecule has 132 valence electrons. The van der Waals surface area contributed by atoms with Crippen molar-refractivity contribution < 1.29 is 19.4 Å². The second-order valence-corrected chi connectivity index (χ2v) is 6.35. The van der Waals surface area contributed by atoms with Crippen LogP contribution in [0, 0.1) is 20.8 Å². The molecule has 1 aromatic heterocycles. The van der Waals surface area contributed by atoms with Crippen LogP contribution < -0.4 is 4.74 Å². The first-order valence-corrected chi connectivity index (χ1v) is 8.11. The predicted octanol–water partition coefficient (Wildman–Crippen LogP) is 1.75. The van der Waals surface area contributed by atoms with Crippen LogP contribution in [0.25, 0.3) is 0 Å². The van der Waals surface area contributed by atoms with Gasteiger partial charge in [-0.3, -0.25) is 4.79 Å². The molecule has 7 nitrogen and oxygen atoms in total. The van der Waals surface area contributed by atoms with Crippen molar-refractivity contribution in [3.05, 3.63) is 46.5 Å². The normalized spacial score (nSPS) is 16.4. The van der Waals surface area contributed by atoms with E-state index in [9.17, 15) is 14.7 Å². The Bertz CT molecular complexity index is 828. The summed E-state index contributed by atoms with van der Waals surface area (Å²) in [5.74, 6) is -0.711. The Labute approximate surface area is 145 Å². The molecule has 0 saturated heterocycles. The minimum absolute atomic E-state index is 0.195. The average Bonchev–Trinajstić information content (AvgIpc) is 3.04. The highest BCUT2D eigenvalue weighted by atomic mass is 16.5. The standard InChI is InChI=1S/C18H21N3O4/c1-10-4-5-11(2)17(12(10)3)25-8-16(22)21-7-14-13(19-9-20-14)6-15(21)18(23)24/h4-5,9,15H,6-8H2,1-3H3,(H,19,20)(H,23,24)/t15-/m1/s1. The summed E-state index contributed by atoms with van der Waals surface area (Å²) in [4.78, 5) is 32.6. The summed E-state index contributed by atoms with van der Waals surface area (Å²) in [7, 11) is 0. The molecule has 0 saturated carbocycles. The third-order valence-corrected chi connectivity index (χ3v) is 4.72. The van der Waals surface area contributed by atoms with Crippen LogP contribution in [0.2, 0.25) is 0 Å². The number of hydrogen-bond acceptors (Lipinski definition) is 4. The number of hydrogen-bond donors (Lipinski definition) is 2. The average molecular weight is 343 g/mol. The highest BCUT2D eigenvalue weighted by Crippen LogP contribution is 2.26. The molecule has 0 radical (unpaired) electrons. The summed E-state index contributed by atoms with van der Waals surface area (Å²) >= 11 is 0. The van der Waals surface area contributed by atoms with E-state index in [2.05, 4.69) is 9.97 Å². The number of aromatic amines is 1. The maximum atomic E-state index is 12.6. The summed E-state index contributed by atoms with van der Waals surface area (Å²) in [5.41, 5.74) is 4.48. The fourth-order valence-corrected chi connectivity index (χ4v) is 3.08. The maximum absolute atomic E-state index is 12.6. The zero-order valence-corrected chi connectivity index (χ0v) is 14.5. The molecule has 0 bridgehead atoms. The quantitative estimate of drug-likeness (QED) is 0.882. The van der Waals surface area contributed by atoms with E-state index in [0.717, 1.165) is 22.4 Å². The van der Waals surface area contributed by atoms with E-state index >= 15 is 0 Å². The number of nitrogens with zero attached hydrogens (tertiary/aromatic N) is 2. The Morgan fingerprint density at radius 3 is 2.76 bits per heavy atom. The van der Waals surface area contributed by atoms with Crippen LogP contribution in [0.15, 0.2) is 18.5 Å². The van der Waals surface area contributed by atoms with Gasteiger partial charge in [0.25, 0.3) is 5.91 Å². The summed E-state index contributed by atoms with van der Waals surface area (Å²) in [5, 5.41) is 9.46. The third-order valence-electron chi connectivity index (χ3n) is 4.72. The Morgan fingerprint density at radius 2 is 2.04 bits per heavy atom. The van der Waals surface area contributed by atoms with Gasteiger partial charge in [0.15, 0.2) is 6.61 Å². The van der Waals surface area contributed by atoms with Gasteiger partial charge in [-0.25, -0.2) is 9.78 Å². The van der Waals surface area contributed by atoms with Crippen molar-refractivity contribution in [2.45, 2.75) is 39.8 Å². The van der Waals surface area contributed by atoms with Gasteiger partial charge >= 0.3 is 5.97 Å². The first-order chi connectivity index (χ1) is 11.9. The Morgan fingerprint density at radius 1 is 1.32 bits per heavy atom. The molecule has 1 aliphatic heterocycles. The number of fused-ring (bicyclic) bond motifs is 1. The van der Waals surface area contributed by atoms with Crippen molar-refractivity contribution in [1.29, 1.82) is 0 Å². The second-order valence-electron chi connectivity index (χ2n) is 6.35. The summed E-state index contributed by atoms with van der Waals surface area (Å²) in [6, 6.07) is 3.02. The number of nitrogens with one attached hydrogen (secondary N) is 1. The van der Waals surface area contributed by atoms with E-state index in [1.165, 1.54) is 11.2 Å². The number of aliphatic carboxylic acids is 1. The molecule has 1 aromatic carbocycles. The molecule has 25 heavy (non-hydrogen) atoms. The number of H-pyrrole nitrogens is 1. The number of carbonyl (C=O) groups is 2. The van der Waals surface area contributed by atoms with Crippen molar-refractivity contribution in [3.8, 4) is 5.75 Å². The molecule has 2 heterocycles. The first kappa shape index (κ1) is 17.0. The van der Waals surface area contributed by atoms with Crippen LogP contribution in [0.4, 0.5) is 0 Å². The number of imidazole rings is 1. The highest BCUT2D eigenvalue weighted by molar-refractivity contribution is 5.85. The summed E-state index contributed by atoms with van der Waals surface area (Å²) in [6.07, 6.45) is 1.72. The lowest BCUT2D eigenvalue weighted by Gasteiger charge is -2.32. The number of carboxylic acids is 1. The molecule has 0 aliphatic carbocycles. The molecule has 2 N–H and O–H groups in total. The van der Waals surface area contributed by atoms with E-state index in [1.807, 2.05) is 32.9 Å². The van der Waals surface area contributed by atoms with Gasteiger partial charge < -0.3 is 19.7 Å². The van der Waals surface area contributed by atoms with Crippen LogP contribution >= 0.6 is 0 Å². The Hall–Kier alpha value is -2.83. The SMILES string of the molecule is Cc1ccc(C)c(OCC(=O)N2Cc3[nH]cnc3C[C@@H]2C(=O)O)c1C. The zero-order chi connectivity index (χ0) is 18.1. The van der Waals surface area contributed by atoms with E-state index < -0.39 is 12.0 Å². The minimum atomic E-state index is -1.04. The lowest BCUT2D eigenvalue weighted by atomic mass is 10.0. The molecule has 1 amide bonds. The number of amides is 1. The molecule has 1 aliphatic rings. The Kier molecular flexibility index (Phi) is 4.48. The molecule has 7 heteroatoms. The van der Waals surface area contributed by atoms with Crippen molar-refractivity contribution in [2.75, 3.05) is 6.61 Å². The van der Waals surface area contributed by atoms with Gasteiger partial charge in [0.2, 0.25) is 0 Å². The van der Waals surface area contributed by atoms with E-state index in [-0.39, 0.29) is 25.5 Å². The van der Waals surface area contributed by atoms with Crippen molar-refractivity contribution in [3.63, 3.8) is 0 Å². The number of carbonyl (C=O) groups excluding carboxylic acids is 1. The Balaban J connectivity index is 1.76. The summed E-state index contributed by atoms with van der Waals surface area (Å²) < 4.78 is 5.75. The predicted molar refractivity (Wildman–Crippen MR) is 90.4 cm³/mol. The molecule has 3 rings (SSSR count). The number of aryl methyl sites for hydroxylation is 2. The van der Waals surface area contributed by atoms with Gasteiger partial charge in [0.05, 0.1) is 24.3 Å². The second kappa shape index (κ2) is 6.58. The lowest BCUT2D eigenvalue weighted by molar-refractivity contribution is -0.152. The van der Waals surface area contributed by atoms with E-state index in [1.54, 1.807) is 0 Å². The van der Waals surface area contributed by atoms with Crippen molar-refractivity contribution in [2.24, 2.45) is 0 Å². The molecule has 0 fully saturated rings. The van der Waals surface area contributed by atoms with Gasteiger partial charge in [-0.15, -0.1) is 0 Å². The smallest absolute Gasteiger partial charge is 0.326 e. The molecule has 1 atom stereocenters. The third kappa shape index (κ3) is 3.22. The fourth-order valence-electron chi connectivity index (χ4n) is 3.08. The molecular weight excluding hydrogens is 322 g/mol. The van der Waals surface area contributed by atoms with Crippen LogP contribution in [-0.4, -0.2) is 44.5 Å². The van der Waals surface area contributed by atoms with Gasteiger partial charge in [-0.05, 0) is 37.5 Å². The topological polar surface area (TPSA) is 95.5 Å². The molecular formula is C18H21N3O4. The monoisotopic (exact) mass is 343 g/mol. The van der Waals surface area contributed by atoms with Gasteiger partial charge in [-0.2, -0.15) is 0 Å². The molecule has 0 unspecified atom stereocenters. The first-order valence-electron chi connectivity index (χ1n) is 8.11. The van der Waals surface area contributed by atoms with Crippen LogP contribution in [0.5, 0.6) is 5.75 Å². The van der Waals surface area contributed by atoms with Crippen LogP contribution in [0.3, 0.4) is 0 Å². The number of carboxylic acid groups (broad SMARTS) is 1. The highest BCUT2D eigenvalue weighted by Gasteiger charge is 2.36. The fraction of sp³-hybridized carbons (Fsp3) is 0.389. The summed E-state index contributed by atoms with van der Waals surface area (Å²) in [6.45, 7) is 5.84. The minimum Gasteiger partial charge on any atom is -0.483 e. The van der Waals surface area contributed by atoms with Gasteiger partial charge in [0.1, 0.15) is 11.8 Å². The van der Waals surface area contributed by atoms with Gasteiger partial charge in [0, 0.05) is 6.42 Å². The molecule has 2 aromatic rings. The largest absolute Gasteiger partial charge is 0.483 e. The zero-order valence-electron chi connectivity index (χ0n) is 14.5.